The van der Waals surface area contributed by atoms with Crippen LogP contribution >= 0.6 is 0 Å². The lowest BCUT2D eigenvalue weighted by atomic mass is 9.97. The fourth-order valence-electron chi connectivity index (χ4n) is 4.74. The molecule has 1 aromatic carbocycles. The highest BCUT2D eigenvalue weighted by Crippen LogP contribution is 2.24. The van der Waals surface area contributed by atoms with Gasteiger partial charge in [0.15, 0.2) is 11.8 Å². The fourth-order valence-corrected chi connectivity index (χ4v) is 6.23. The van der Waals surface area contributed by atoms with Gasteiger partial charge in [-0.15, -0.1) is 0 Å². The van der Waals surface area contributed by atoms with E-state index < -0.39 is 10.0 Å². The molecule has 0 unspecified atom stereocenters. The molecular weight excluding hydrogens is 414 g/mol. The summed E-state index contributed by atoms with van der Waals surface area (Å²) in [5, 5.41) is 3.14. The second kappa shape index (κ2) is 9.97. The van der Waals surface area contributed by atoms with Crippen LogP contribution in [0.4, 0.5) is 0 Å². The number of likely N-dealkylation sites (tertiary alicyclic amines) is 1. The Kier molecular flexibility index (Phi) is 7.09. The summed E-state index contributed by atoms with van der Waals surface area (Å²) in [6, 6.07) is 12.5. The van der Waals surface area contributed by atoms with E-state index in [4.69, 9.17) is 4.42 Å². The molecule has 2 N–H and O–H groups in total. The van der Waals surface area contributed by atoms with Gasteiger partial charge in [0.25, 0.3) is 0 Å². The predicted octanol–water partition coefficient (Wildman–Crippen LogP) is 1.61. The minimum Gasteiger partial charge on any atom is -0.463 e. The number of piperidine rings is 2. The average Bonchev–Trinajstić information content (AvgIpc) is 3.35. The number of sulfonamides is 1. The standard InChI is InChI=1S/C23H31N3O4S/c27-23(24-18-21(22-10-7-17-30-22)25-13-5-2-6-14-25)19-11-15-26(16-12-19)31(28,29)20-8-3-1-4-9-20/h1,3-4,7-10,17,19,21H,2,5-6,11-16,18H2,(H,24,27)/p+1/t21-/m0/s1. The number of quaternary nitrogens is 1. The molecule has 2 fully saturated rings. The molecule has 8 heteroatoms. The molecule has 2 aliphatic rings. The first-order valence-electron chi connectivity index (χ1n) is 11.3. The van der Waals surface area contributed by atoms with E-state index in [1.54, 1.807) is 36.6 Å². The zero-order chi connectivity index (χ0) is 21.7. The van der Waals surface area contributed by atoms with Gasteiger partial charge in [0.1, 0.15) is 0 Å². The van der Waals surface area contributed by atoms with Crippen molar-refractivity contribution in [2.24, 2.45) is 5.92 Å². The Labute approximate surface area is 184 Å². The highest BCUT2D eigenvalue weighted by Gasteiger charge is 2.33. The summed E-state index contributed by atoms with van der Waals surface area (Å²) in [6.45, 7) is 3.47. The Morgan fingerprint density at radius 3 is 2.42 bits per heavy atom. The van der Waals surface area contributed by atoms with E-state index in [0.717, 1.165) is 18.8 Å². The highest BCUT2D eigenvalue weighted by molar-refractivity contribution is 7.89. The number of carbonyl (C=O) groups excluding carboxylic acids is 1. The van der Waals surface area contributed by atoms with E-state index in [9.17, 15) is 13.2 Å². The number of hydrogen-bond acceptors (Lipinski definition) is 4. The summed E-state index contributed by atoms with van der Waals surface area (Å²) in [7, 11) is -3.50. The number of carbonyl (C=O) groups is 1. The largest absolute Gasteiger partial charge is 0.463 e. The molecular formula is C23H32N3O4S+. The highest BCUT2D eigenvalue weighted by atomic mass is 32.2. The summed E-state index contributed by atoms with van der Waals surface area (Å²) < 4.78 is 32.8. The third-order valence-corrected chi connectivity index (χ3v) is 8.47. The molecule has 2 saturated heterocycles. The minimum absolute atomic E-state index is 0.0183. The zero-order valence-electron chi connectivity index (χ0n) is 17.8. The van der Waals surface area contributed by atoms with Crippen molar-refractivity contribution in [3.8, 4) is 0 Å². The molecule has 168 valence electrons. The Hall–Kier alpha value is -2.16. The van der Waals surface area contributed by atoms with Crippen molar-refractivity contribution < 1.29 is 22.5 Å². The number of benzene rings is 1. The van der Waals surface area contributed by atoms with E-state index in [1.165, 1.54) is 28.5 Å². The lowest BCUT2D eigenvalue weighted by Gasteiger charge is -2.32. The van der Waals surface area contributed by atoms with Gasteiger partial charge < -0.3 is 14.6 Å². The summed E-state index contributed by atoms with van der Waals surface area (Å²) >= 11 is 0. The summed E-state index contributed by atoms with van der Waals surface area (Å²) in [5.74, 6) is 0.779. The van der Waals surface area contributed by atoms with Gasteiger partial charge in [0, 0.05) is 19.0 Å². The third-order valence-electron chi connectivity index (χ3n) is 6.56. The van der Waals surface area contributed by atoms with Crippen LogP contribution in [0.2, 0.25) is 0 Å². The molecule has 2 aromatic rings. The van der Waals surface area contributed by atoms with Crippen LogP contribution in [-0.2, 0) is 14.8 Å². The first kappa shape index (κ1) is 22.0. The molecule has 1 atom stereocenters. The van der Waals surface area contributed by atoms with E-state index in [0.29, 0.717) is 37.4 Å². The number of hydrogen-bond donors (Lipinski definition) is 2. The normalized spacial score (nSPS) is 20.4. The van der Waals surface area contributed by atoms with Crippen molar-refractivity contribution in [2.45, 2.75) is 43.0 Å². The number of furan rings is 1. The molecule has 3 heterocycles. The maximum Gasteiger partial charge on any atom is 0.243 e. The second-order valence-electron chi connectivity index (χ2n) is 8.52. The molecule has 0 aliphatic carbocycles. The number of nitrogens with zero attached hydrogens (tertiary/aromatic N) is 1. The van der Waals surface area contributed by atoms with Gasteiger partial charge in [0.05, 0.1) is 30.8 Å². The van der Waals surface area contributed by atoms with Crippen molar-refractivity contribution in [1.29, 1.82) is 0 Å². The van der Waals surface area contributed by atoms with E-state index >= 15 is 0 Å². The van der Waals surface area contributed by atoms with Gasteiger partial charge in [-0.25, -0.2) is 8.42 Å². The maximum absolute atomic E-state index is 12.9. The first-order valence-corrected chi connectivity index (χ1v) is 12.7. The van der Waals surface area contributed by atoms with Gasteiger partial charge in [0.2, 0.25) is 15.9 Å². The molecule has 2 aliphatic heterocycles. The topological polar surface area (TPSA) is 84.1 Å². The van der Waals surface area contributed by atoms with Crippen molar-refractivity contribution in [3.05, 3.63) is 54.5 Å². The van der Waals surface area contributed by atoms with E-state index in [2.05, 4.69) is 5.32 Å². The van der Waals surface area contributed by atoms with Crippen LogP contribution in [0.25, 0.3) is 0 Å². The average molecular weight is 447 g/mol. The van der Waals surface area contributed by atoms with E-state index in [1.807, 2.05) is 12.1 Å². The molecule has 0 bridgehead atoms. The van der Waals surface area contributed by atoms with Gasteiger partial charge in [-0.3, -0.25) is 4.79 Å². The van der Waals surface area contributed by atoms with E-state index in [-0.39, 0.29) is 17.9 Å². The van der Waals surface area contributed by atoms with Crippen LogP contribution in [0.5, 0.6) is 0 Å². The van der Waals surface area contributed by atoms with Crippen molar-refractivity contribution >= 4 is 15.9 Å². The molecule has 4 rings (SSSR count). The quantitative estimate of drug-likeness (QED) is 0.677. The molecule has 1 aromatic heterocycles. The zero-order valence-corrected chi connectivity index (χ0v) is 18.6. The Balaban J connectivity index is 1.32. The maximum atomic E-state index is 12.9. The Morgan fingerprint density at radius 1 is 1.06 bits per heavy atom. The molecule has 0 spiro atoms. The van der Waals surface area contributed by atoms with Crippen LogP contribution in [0.3, 0.4) is 0 Å². The molecule has 31 heavy (non-hydrogen) atoms. The van der Waals surface area contributed by atoms with Crippen LogP contribution in [0.1, 0.15) is 43.9 Å². The van der Waals surface area contributed by atoms with Gasteiger partial charge in [-0.1, -0.05) is 18.2 Å². The minimum atomic E-state index is -3.50. The number of nitrogens with one attached hydrogen (secondary N) is 2. The third kappa shape index (κ3) is 5.19. The van der Waals surface area contributed by atoms with Crippen molar-refractivity contribution in [3.63, 3.8) is 0 Å². The molecule has 1 amide bonds. The second-order valence-corrected chi connectivity index (χ2v) is 10.5. The van der Waals surface area contributed by atoms with Crippen LogP contribution in [-0.4, -0.2) is 51.4 Å². The lowest BCUT2D eigenvalue weighted by Crippen LogP contribution is -3.13. The Morgan fingerprint density at radius 2 is 1.77 bits per heavy atom. The van der Waals surface area contributed by atoms with Crippen LogP contribution in [0.15, 0.2) is 58.0 Å². The van der Waals surface area contributed by atoms with Crippen molar-refractivity contribution in [2.75, 3.05) is 32.7 Å². The summed E-state index contributed by atoms with van der Waals surface area (Å²) in [6.07, 6.45) is 6.45. The van der Waals surface area contributed by atoms with Gasteiger partial charge >= 0.3 is 0 Å². The summed E-state index contributed by atoms with van der Waals surface area (Å²) in [5.41, 5.74) is 0. The van der Waals surface area contributed by atoms with Gasteiger partial charge in [-0.2, -0.15) is 4.31 Å². The molecule has 0 saturated carbocycles. The predicted molar refractivity (Wildman–Crippen MR) is 117 cm³/mol. The fraction of sp³-hybridized carbons (Fsp3) is 0.522. The summed E-state index contributed by atoms with van der Waals surface area (Å²) in [4.78, 5) is 14.6. The Bertz CT molecular complexity index is 932. The molecule has 0 radical (unpaired) electrons. The smallest absolute Gasteiger partial charge is 0.243 e. The van der Waals surface area contributed by atoms with Crippen LogP contribution in [0, 0.1) is 5.92 Å². The van der Waals surface area contributed by atoms with Crippen molar-refractivity contribution in [1.82, 2.24) is 9.62 Å². The number of amides is 1. The SMILES string of the molecule is O=C(NC[C@@H](c1ccco1)[NH+]1CCCCC1)C1CCN(S(=O)(=O)c2ccccc2)CC1. The first-order chi connectivity index (χ1) is 15.1. The monoisotopic (exact) mass is 446 g/mol. The van der Waals surface area contributed by atoms with Crippen LogP contribution < -0.4 is 10.2 Å². The molecule has 7 nitrogen and oxygen atoms in total. The van der Waals surface area contributed by atoms with Gasteiger partial charge in [-0.05, 0) is 56.4 Å². The lowest BCUT2D eigenvalue weighted by molar-refractivity contribution is -0.936. The number of rotatable bonds is 7.